The minimum absolute atomic E-state index is 0.0451. The first-order chi connectivity index (χ1) is 11.5. The highest BCUT2D eigenvalue weighted by molar-refractivity contribution is 7.99. The zero-order chi connectivity index (χ0) is 19.3. The summed E-state index contributed by atoms with van der Waals surface area (Å²) in [5, 5.41) is 11.5. The predicted octanol–water partition coefficient (Wildman–Crippen LogP) is 7.58. The molecule has 1 N–H and O–H groups in total. The molecule has 1 rings (SSSR count). The van der Waals surface area contributed by atoms with Crippen LogP contribution in [0.2, 0.25) is 0 Å². The number of rotatable bonds is 8. The van der Waals surface area contributed by atoms with Crippen molar-refractivity contribution in [3.63, 3.8) is 0 Å². The summed E-state index contributed by atoms with van der Waals surface area (Å²) in [5.41, 5.74) is 3.55. The molecule has 1 unspecified atom stereocenters. The third-order valence-electron chi connectivity index (χ3n) is 4.85. The lowest BCUT2D eigenvalue weighted by Gasteiger charge is -2.27. The number of hydrogen-bond donors (Lipinski definition) is 1. The maximum atomic E-state index is 10.9. The van der Waals surface area contributed by atoms with Gasteiger partial charge in [0, 0.05) is 16.6 Å². The molecule has 1 aromatic carbocycles. The molecule has 25 heavy (non-hydrogen) atoms. The minimum atomic E-state index is -0.0451. The molecule has 144 valence electrons. The monoisotopic (exact) mass is 364 g/mol. The van der Waals surface area contributed by atoms with Crippen LogP contribution in [-0.2, 0) is 16.6 Å². The largest absolute Gasteiger partial charge is 0.507 e. The molecule has 2 heteroatoms. The molecular formula is C23H40OS. The molecule has 1 nitrogen and oxygen atoms in total. The number of thioether (sulfide) groups is 1. The summed E-state index contributed by atoms with van der Waals surface area (Å²) in [4.78, 5) is 0. The van der Waals surface area contributed by atoms with Crippen LogP contribution >= 0.6 is 11.8 Å². The second kappa shape index (κ2) is 9.35. The number of aromatic hydroxyl groups is 1. The maximum Gasteiger partial charge on any atom is 0.123 e. The molecule has 0 bridgehead atoms. The Morgan fingerprint density at radius 3 is 2.12 bits per heavy atom. The highest BCUT2D eigenvalue weighted by Crippen LogP contribution is 2.39. The Kier molecular flexibility index (Phi) is 8.38. The van der Waals surface area contributed by atoms with Gasteiger partial charge >= 0.3 is 0 Å². The fourth-order valence-corrected chi connectivity index (χ4v) is 4.00. The molecule has 0 aliphatic rings. The molecule has 0 aromatic heterocycles. The molecule has 0 radical (unpaired) electrons. The average molecular weight is 365 g/mol. The standard InChI is InChI=1S/C23H40OS/c1-9-10-11-12-13-17(2)25-16-18-14-19(22(3,4)5)15-20(21(18)24)23(6,7)8/h14-15,17,24H,9-13,16H2,1-8H3. The number of hydrogen-bond acceptors (Lipinski definition) is 2. The Morgan fingerprint density at radius 1 is 0.960 bits per heavy atom. The van der Waals surface area contributed by atoms with Gasteiger partial charge in [0.05, 0.1) is 0 Å². The van der Waals surface area contributed by atoms with E-state index in [-0.39, 0.29) is 10.8 Å². The van der Waals surface area contributed by atoms with Crippen LogP contribution in [0.15, 0.2) is 12.1 Å². The Balaban J connectivity index is 2.91. The van der Waals surface area contributed by atoms with Crippen molar-refractivity contribution in [1.29, 1.82) is 0 Å². The Morgan fingerprint density at radius 2 is 1.60 bits per heavy atom. The second-order valence-electron chi connectivity index (χ2n) is 9.50. The molecule has 0 saturated heterocycles. The van der Waals surface area contributed by atoms with E-state index in [1.165, 1.54) is 37.7 Å². The molecule has 0 amide bonds. The average Bonchev–Trinajstić information content (AvgIpc) is 2.48. The van der Waals surface area contributed by atoms with Crippen molar-refractivity contribution in [2.45, 2.75) is 109 Å². The van der Waals surface area contributed by atoms with Crippen LogP contribution in [0.1, 0.15) is 104 Å². The van der Waals surface area contributed by atoms with Gasteiger partial charge in [-0.1, -0.05) is 93.2 Å². The number of phenols is 1. The summed E-state index contributed by atoms with van der Waals surface area (Å²) >= 11 is 1.98. The highest BCUT2D eigenvalue weighted by Gasteiger charge is 2.25. The van der Waals surface area contributed by atoms with Crippen molar-refractivity contribution in [2.24, 2.45) is 0 Å². The smallest absolute Gasteiger partial charge is 0.123 e. The summed E-state index contributed by atoms with van der Waals surface area (Å²) in [5.74, 6) is 1.40. The Labute approximate surface area is 161 Å². The van der Waals surface area contributed by atoms with Crippen LogP contribution in [0.25, 0.3) is 0 Å². The molecule has 0 fully saturated rings. The van der Waals surface area contributed by atoms with Crippen LogP contribution in [0.4, 0.5) is 0 Å². The van der Waals surface area contributed by atoms with Crippen LogP contribution < -0.4 is 0 Å². The van der Waals surface area contributed by atoms with Crippen molar-refractivity contribution in [2.75, 3.05) is 0 Å². The van der Waals surface area contributed by atoms with Crippen molar-refractivity contribution in [3.8, 4) is 5.75 Å². The van der Waals surface area contributed by atoms with E-state index in [9.17, 15) is 5.11 Å². The summed E-state index contributed by atoms with van der Waals surface area (Å²) < 4.78 is 0. The van der Waals surface area contributed by atoms with Gasteiger partial charge in [-0.05, 0) is 28.4 Å². The first-order valence-corrected chi connectivity index (χ1v) is 11.0. The summed E-state index contributed by atoms with van der Waals surface area (Å²) in [6.45, 7) is 17.9. The fourth-order valence-electron chi connectivity index (χ4n) is 2.98. The third-order valence-corrected chi connectivity index (χ3v) is 6.13. The maximum absolute atomic E-state index is 10.9. The van der Waals surface area contributed by atoms with E-state index in [0.29, 0.717) is 11.0 Å². The van der Waals surface area contributed by atoms with Gasteiger partial charge in [0.25, 0.3) is 0 Å². The zero-order valence-corrected chi connectivity index (χ0v) is 18.6. The van der Waals surface area contributed by atoms with Crippen LogP contribution in [0.5, 0.6) is 5.75 Å². The van der Waals surface area contributed by atoms with E-state index in [0.717, 1.165) is 16.9 Å². The third kappa shape index (κ3) is 7.25. The number of phenolic OH excluding ortho intramolecular Hbond substituents is 1. The summed E-state index contributed by atoms with van der Waals surface area (Å²) in [6, 6.07) is 4.43. The molecule has 0 aliphatic carbocycles. The Bertz CT molecular complexity index is 534. The minimum Gasteiger partial charge on any atom is -0.507 e. The quantitative estimate of drug-likeness (QED) is 0.480. The van der Waals surface area contributed by atoms with Gasteiger partial charge in [0.15, 0.2) is 0 Å². The van der Waals surface area contributed by atoms with Gasteiger partial charge in [-0.3, -0.25) is 0 Å². The van der Waals surface area contributed by atoms with Gasteiger partial charge in [0.1, 0.15) is 5.75 Å². The van der Waals surface area contributed by atoms with E-state index in [4.69, 9.17) is 0 Å². The van der Waals surface area contributed by atoms with Gasteiger partial charge in [0.2, 0.25) is 0 Å². The van der Waals surface area contributed by atoms with Gasteiger partial charge < -0.3 is 5.11 Å². The predicted molar refractivity (Wildman–Crippen MR) is 115 cm³/mol. The summed E-state index contributed by atoms with van der Waals surface area (Å²) in [6.07, 6.45) is 6.59. The highest BCUT2D eigenvalue weighted by atomic mass is 32.2. The van der Waals surface area contributed by atoms with Crippen LogP contribution in [-0.4, -0.2) is 10.4 Å². The van der Waals surface area contributed by atoms with Gasteiger partial charge in [-0.25, -0.2) is 0 Å². The van der Waals surface area contributed by atoms with E-state index in [2.05, 4.69) is 67.5 Å². The molecule has 1 aromatic rings. The fraction of sp³-hybridized carbons (Fsp3) is 0.739. The molecule has 0 aliphatic heterocycles. The number of benzene rings is 1. The van der Waals surface area contributed by atoms with E-state index in [1.807, 2.05) is 11.8 Å². The molecule has 0 spiro atoms. The van der Waals surface area contributed by atoms with Gasteiger partial charge in [-0.2, -0.15) is 11.8 Å². The van der Waals surface area contributed by atoms with Crippen molar-refractivity contribution in [3.05, 3.63) is 28.8 Å². The molecule has 0 heterocycles. The lowest BCUT2D eigenvalue weighted by Crippen LogP contribution is -2.17. The SMILES string of the molecule is CCCCCCC(C)SCc1cc(C(C)(C)C)cc(C(C)(C)C)c1O. The van der Waals surface area contributed by atoms with Crippen LogP contribution in [0.3, 0.4) is 0 Å². The lowest BCUT2D eigenvalue weighted by atomic mass is 9.79. The topological polar surface area (TPSA) is 20.2 Å². The van der Waals surface area contributed by atoms with E-state index < -0.39 is 0 Å². The number of unbranched alkanes of at least 4 members (excludes halogenated alkanes) is 3. The van der Waals surface area contributed by atoms with E-state index in [1.54, 1.807) is 0 Å². The van der Waals surface area contributed by atoms with Gasteiger partial charge in [-0.15, -0.1) is 0 Å². The normalized spacial score (nSPS) is 13.9. The van der Waals surface area contributed by atoms with Crippen molar-refractivity contribution < 1.29 is 5.11 Å². The van der Waals surface area contributed by atoms with Crippen LogP contribution in [0, 0.1) is 0 Å². The zero-order valence-electron chi connectivity index (χ0n) is 17.8. The molecule has 0 saturated carbocycles. The second-order valence-corrected chi connectivity index (χ2v) is 10.9. The first kappa shape index (κ1) is 22.4. The van der Waals surface area contributed by atoms with E-state index >= 15 is 0 Å². The lowest BCUT2D eigenvalue weighted by molar-refractivity contribution is 0.440. The Hall–Kier alpha value is -0.630. The van der Waals surface area contributed by atoms with Crippen molar-refractivity contribution in [1.82, 2.24) is 0 Å². The van der Waals surface area contributed by atoms with Crippen molar-refractivity contribution >= 4 is 11.8 Å². The summed E-state index contributed by atoms with van der Waals surface area (Å²) in [7, 11) is 0. The molecular weight excluding hydrogens is 324 g/mol. The first-order valence-electron chi connectivity index (χ1n) is 9.95. The molecule has 1 atom stereocenters.